The Labute approximate surface area is 164 Å². The van der Waals surface area contributed by atoms with Crippen LogP contribution in [0, 0.1) is 0 Å². The van der Waals surface area contributed by atoms with Crippen molar-refractivity contribution >= 4 is 17.2 Å². The molecule has 0 saturated carbocycles. The summed E-state index contributed by atoms with van der Waals surface area (Å²) in [5.41, 5.74) is -1.36. The van der Waals surface area contributed by atoms with Crippen LogP contribution in [0.2, 0.25) is 0 Å². The molecule has 1 aromatic carbocycles. The van der Waals surface area contributed by atoms with Crippen LogP contribution in [0.15, 0.2) is 24.3 Å². The minimum atomic E-state index is -5.04. The summed E-state index contributed by atoms with van der Waals surface area (Å²) in [7, 11) is 0. The number of fused-ring (bicyclic) bond motifs is 1. The second-order valence-electron chi connectivity index (χ2n) is 6.40. The van der Waals surface area contributed by atoms with Crippen LogP contribution in [0.3, 0.4) is 0 Å². The molecule has 0 aliphatic carbocycles. The van der Waals surface area contributed by atoms with Crippen molar-refractivity contribution in [1.29, 1.82) is 0 Å². The molecule has 1 aliphatic rings. The van der Waals surface area contributed by atoms with Gasteiger partial charge in [0, 0.05) is 17.0 Å². The summed E-state index contributed by atoms with van der Waals surface area (Å²) >= 11 is 1.07. The standard InChI is InChI=1S/C17H14F6N2O3S/c18-16(19,20)10-3-9(4-11(6-10)17(21,22)23)15(27)25-2-1-8-5-12(14(26)24-28)29-13(8)7-25/h3-6,14,24,26,28H,1-2,7H2. The molecule has 29 heavy (non-hydrogen) atoms. The number of benzene rings is 1. The van der Waals surface area contributed by atoms with Crippen LogP contribution < -0.4 is 5.48 Å². The molecule has 2 heterocycles. The number of aliphatic hydroxyl groups is 1. The number of rotatable bonds is 3. The van der Waals surface area contributed by atoms with Crippen LogP contribution in [0.1, 0.15) is 43.0 Å². The van der Waals surface area contributed by atoms with Crippen molar-refractivity contribution in [3.8, 4) is 0 Å². The highest BCUT2D eigenvalue weighted by molar-refractivity contribution is 7.12. The number of amides is 1. The van der Waals surface area contributed by atoms with Gasteiger partial charge in [-0.25, -0.2) is 0 Å². The van der Waals surface area contributed by atoms with Crippen molar-refractivity contribution in [3.05, 3.63) is 56.3 Å². The van der Waals surface area contributed by atoms with E-state index in [1.807, 2.05) is 0 Å². The highest BCUT2D eigenvalue weighted by Crippen LogP contribution is 2.37. The Morgan fingerprint density at radius 2 is 1.66 bits per heavy atom. The maximum absolute atomic E-state index is 13.0. The van der Waals surface area contributed by atoms with E-state index in [9.17, 15) is 36.2 Å². The van der Waals surface area contributed by atoms with E-state index in [4.69, 9.17) is 5.21 Å². The van der Waals surface area contributed by atoms with Crippen molar-refractivity contribution in [2.24, 2.45) is 0 Å². The molecular formula is C17H14F6N2O3S. The van der Waals surface area contributed by atoms with Crippen molar-refractivity contribution in [3.63, 3.8) is 0 Å². The van der Waals surface area contributed by atoms with Gasteiger partial charge in [0.15, 0.2) is 6.23 Å². The summed E-state index contributed by atoms with van der Waals surface area (Å²) in [5, 5.41) is 18.4. The third-order valence-corrected chi connectivity index (χ3v) is 5.63. The smallest absolute Gasteiger partial charge is 0.371 e. The minimum absolute atomic E-state index is 0.0279. The Morgan fingerprint density at radius 3 is 2.17 bits per heavy atom. The first-order chi connectivity index (χ1) is 13.4. The summed E-state index contributed by atoms with van der Waals surface area (Å²) < 4.78 is 78.1. The van der Waals surface area contributed by atoms with Gasteiger partial charge in [0.1, 0.15) is 0 Å². The van der Waals surface area contributed by atoms with Crippen molar-refractivity contribution in [2.45, 2.75) is 31.5 Å². The largest absolute Gasteiger partial charge is 0.416 e. The molecule has 0 fully saturated rings. The van der Waals surface area contributed by atoms with Crippen molar-refractivity contribution in [1.82, 2.24) is 10.4 Å². The van der Waals surface area contributed by atoms with Gasteiger partial charge in [0.2, 0.25) is 0 Å². The number of halogens is 6. The second-order valence-corrected chi connectivity index (χ2v) is 7.57. The van der Waals surface area contributed by atoms with Gasteiger partial charge in [-0.05, 0) is 36.2 Å². The monoisotopic (exact) mass is 440 g/mol. The maximum atomic E-state index is 13.0. The summed E-state index contributed by atoms with van der Waals surface area (Å²) in [6.45, 7) is 0.0524. The normalized spacial score (nSPS) is 15.9. The minimum Gasteiger partial charge on any atom is -0.371 e. The molecule has 3 N–H and O–H groups in total. The second kappa shape index (κ2) is 7.59. The number of hydroxylamine groups is 1. The van der Waals surface area contributed by atoms with E-state index in [1.165, 1.54) is 0 Å². The number of nitrogens with zero attached hydrogens (tertiary/aromatic N) is 1. The fourth-order valence-corrected chi connectivity index (χ4v) is 4.14. The fourth-order valence-electron chi connectivity index (χ4n) is 2.98. The number of carbonyl (C=O) groups is 1. The van der Waals surface area contributed by atoms with E-state index < -0.39 is 41.2 Å². The van der Waals surface area contributed by atoms with Gasteiger partial charge < -0.3 is 15.2 Å². The van der Waals surface area contributed by atoms with E-state index in [-0.39, 0.29) is 19.2 Å². The number of aliphatic hydroxyl groups excluding tert-OH is 1. The third kappa shape index (κ3) is 4.55. The van der Waals surface area contributed by atoms with Crippen LogP contribution in [-0.4, -0.2) is 27.7 Å². The van der Waals surface area contributed by atoms with Crippen LogP contribution in [-0.2, 0) is 25.3 Å². The summed E-state index contributed by atoms with van der Waals surface area (Å²) in [6, 6.07) is 2.40. The quantitative estimate of drug-likeness (QED) is 0.384. The zero-order valence-corrected chi connectivity index (χ0v) is 15.3. The Balaban J connectivity index is 1.91. The zero-order chi connectivity index (χ0) is 21.6. The molecule has 12 heteroatoms. The van der Waals surface area contributed by atoms with Crippen LogP contribution in [0.25, 0.3) is 0 Å². The fraction of sp³-hybridized carbons (Fsp3) is 0.353. The lowest BCUT2D eigenvalue weighted by Crippen LogP contribution is -2.35. The Hall–Kier alpha value is -2.15. The lowest BCUT2D eigenvalue weighted by atomic mass is 10.0. The SMILES string of the molecule is O=C(c1cc(C(F)(F)F)cc(C(F)(F)F)c1)N1CCc2cc(C(O)NO)sc2C1. The average molecular weight is 440 g/mol. The summed E-state index contributed by atoms with van der Waals surface area (Å²) in [5.74, 6) is -0.956. The van der Waals surface area contributed by atoms with E-state index in [2.05, 4.69) is 0 Å². The highest BCUT2D eigenvalue weighted by Gasteiger charge is 2.38. The molecule has 158 valence electrons. The first kappa shape index (κ1) is 21.6. The lowest BCUT2D eigenvalue weighted by Gasteiger charge is -2.27. The molecule has 1 aromatic heterocycles. The number of hydrogen-bond acceptors (Lipinski definition) is 5. The third-order valence-electron chi connectivity index (χ3n) is 4.41. The van der Waals surface area contributed by atoms with Gasteiger partial charge in [-0.2, -0.15) is 31.8 Å². The zero-order valence-electron chi connectivity index (χ0n) is 14.4. The lowest BCUT2D eigenvalue weighted by molar-refractivity contribution is -0.143. The van der Waals surface area contributed by atoms with Crippen LogP contribution >= 0.6 is 11.3 Å². The Bertz CT molecular complexity index is 893. The Kier molecular flexibility index (Phi) is 5.64. The molecule has 0 radical (unpaired) electrons. The van der Waals surface area contributed by atoms with Crippen molar-refractivity contribution in [2.75, 3.05) is 6.54 Å². The molecule has 1 amide bonds. The molecule has 1 unspecified atom stereocenters. The van der Waals surface area contributed by atoms with Gasteiger partial charge in [0.05, 0.1) is 22.5 Å². The van der Waals surface area contributed by atoms with Crippen molar-refractivity contribution < 1.29 is 41.5 Å². The van der Waals surface area contributed by atoms with Gasteiger partial charge in [0.25, 0.3) is 5.91 Å². The molecule has 5 nitrogen and oxygen atoms in total. The topological polar surface area (TPSA) is 72.8 Å². The number of hydrogen-bond donors (Lipinski definition) is 3. The van der Waals surface area contributed by atoms with Gasteiger partial charge in [-0.3, -0.25) is 4.79 Å². The van der Waals surface area contributed by atoms with E-state index >= 15 is 0 Å². The van der Waals surface area contributed by atoms with E-state index in [0.717, 1.165) is 21.8 Å². The molecule has 0 spiro atoms. The molecular weight excluding hydrogens is 426 g/mol. The average Bonchev–Trinajstić information content (AvgIpc) is 3.08. The summed E-state index contributed by atoms with van der Waals surface area (Å²) in [6.07, 6.45) is -11.1. The molecule has 1 atom stereocenters. The first-order valence-electron chi connectivity index (χ1n) is 8.18. The molecule has 1 aliphatic heterocycles. The Morgan fingerprint density at radius 1 is 1.07 bits per heavy atom. The molecule has 2 aromatic rings. The number of nitrogens with one attached hydrogen (secondary N) is 1. The maximum Gasteiger partial charge on any atom is 0.416 e. The van der Waals surface area contributed by atoms with E-state index in [1.54, 1.807) is 11.5 Å². The van der Waals surface area contributed by atoms with Crippen LogP contribution in [0.4, 0.5) is 26.3 Å². The summed E-state index contributed by atoms with van der Waals surface area (Å²) in [4.78, 5) is 14.8. The van der Waals surface area contributed by atoms with Gasteiger partial charge in [-0.15, -0.1) is 11.3 Å². The number of carbonyl (C=O) groups excluding carboxylic acids is 1. The predicted octanol–water partition coefficient (Wildman–Crippen LogP) is 3.95. The van der Waals surface area contributed by atoms with Gasteiger partial charge >= 0.3 is 12.4 Å². The number of alkyl halides is 6. The number of thiophene rings is 1. The highest BCUT2D eigenvalue weighted by atomic mass is 32.1. The van der Waals surface area contributed by atoms with Gasteiger partial charge in [-0.1, -0.05) is 0 Å². The molecule has 3 rings (SSSR count). The molecule has 0 saturated heterocycles. The van der Waals surface area contributed by atoms with E-state index in [0.29, 0.717) is 28.3 Å². The van der Waals surface area contributed by atoms with Crippen LogP contribution in [0.5, 0.6) is 0 Å². The first-order valence-corrected chi connectivity index (χ1v) is 8.99. The molecule has 0 bridgehead atoms. The predicted molar refractivity (Wildman–Crippen MR) is 89.1 cm³/mol.